The minimum absolute atomic E-state index is 0.174. The highest BCUT2D eigenvalue weighted by Crippen LogP contribution is 2.29. The molecule has 2 N–H and O–H groups in total. The minimum Gasteiger partial charge on any atom is -0.476 e. The summed E-state index contributed by atoms with van der Waals surface area (Å²) in [5.74, 6) is -4.56. The first-order valence-electron chi connectivity index (χ1n) is 11.8. The van der Waals surface area contributed by atoms with Crippen LogP contribution in [0.5, 0.6) is 5.75 Å². The second-order valence-corrected chi connectivity index (χ2v) is 9.83. The van der Waals surface area contributed by atoms with E-state index in [9.17, 15) is 27.6 Å². The summed E-state index contributed by atoms with van der Waals surface area (Å²) in [5.41, 5.74) is 0.702. The molecular formula is C28H25Cl2F3N2O4. The maximum atomic E-state index is 13.6. The van der Waals surface area contributed by atoms with Gasteiger partial charge >= 0.3 is 6.18 Å². The van der Waals surface area contributed by atoms with E-state index in [1.54, 1.807) is 48.5 Å². The van der Waals surface area contributed by atoms with Crippen molar-refractivity contribution in [3.63, 3.8) is 0 Å². The molecule has 0 saturated carbocycles. The van der Waals surface area contributed by atoms with Gasteiger partial charge in [-0.25, -0.2) is 0 Å². The Hall–Kier alpha value is -3.56. The zero-order chi connectivity index (χ0) is 28.7. The molecule has 0 saturated heterocycles. The fourth-order valence-electron chi connectivity index (χ4n) is 3.74. The van der Waals surface area contributed by atoms with Gasteiger partial charge in [0.15, 0.2) is 0 Å². The lowest BCUT2D eigenvalue weighted by Crippen LogP contribution is -2.53. The number of amides is 2. The summed E-state index contributed by atoms with van der Waals surface area (Å²) >= 11 is 12.1. The largest absolute Gasteiger partial charge is 0.476 e. The molecule has 6 nitrogen and oxygen atoms in total. The molecule has 0 radical (unpaired) electrons. The third-order valence-corrected chi connectivity index (χ3v) is 6.07. The fraction of sp³-hybridized carbons (Fsp3) is 0.250. The molecule has 3 aromatic rings. The third kappa shape index (κ3) is 8.21. The smallest absolute Gasteiger partial charge is 0.452 e. The van der Waals surface area contributed by atoms with E-state index in [-0.39, 0.29) is 21.4 Å². The van der Waals surface area contributed by atoms with Gasteiger partial charge in [0.05, 0.1) is 6.04 Å². The van der Waals surface area contributed by atoms with Crippen LogP contribution in [0, 0.1) is 5.92 Å². The molecule has 3 rings (SSSR count). The molecule has 0 aliphatic rings. The van der Waals surface area contributed by atoms with Crippen molar-refractivity contribution in [3.8, 4) is 5.75 Å². The minimum atomic E-state index is -5.15. The zero-order valence-electron chi connectivity index (χ0n) is 20.8. The average Bonchev–Trinajstić information content (AvgIpc) is 2.88. The number of benzene rings is 3. The van der Waals surface area contributed by atoms with Crippen LogP contribution < -0.4 is 15.4 Å². The number of rotatable bonds is 10. The zero-order valence-corrected chi connectivity index (χ0v) is 22.3. The van der Waals surface area contributed by atoms with E-state index in [2.05, 4.69) is 10.6 Å². The van der Waals surface area contributed by atoms with E-state index in [1.807, 2.05) is 0 Å². The van der Waals surface area contributed by atoms with Crippen molar-refractivity contribution in [2.24, 2.45) is 5.92 Å². The van der Waals surface area contributed by atoms with Gasteiger partial charge in [-0.2, -0.15) is 13.2 Å². The molecule has 0 spiro atoms. The van der Waals surface area contributed by atoms with Crippen LogP contribution in [0.2, 0.25) is 10.0 Å². The maximum Gasteiger partial charge on any atom is 0.452 e. The van der Waals surface area contributed by atoms with Crippen molar-refractivity contribution in [2.45, 2.75) is 38.2 Å². The maximum absolute atomic E-state index is 13.6. The first kappa shape index (κ1) is 30.0. The Morgan fingerprint density at radius 1 is 0.769 bits per heavy atom. The van der Waals surface area contributed by atoms with Gasteiger partial charge in [-0.05, 0) is 29.7 Å². The molecule has 0 aromatic heterocycles. The van der Waals surface area contributed by atoms with Gasteiger partial charge < -0.3 is 15.4 Å². The Balaban J connectivity index is 1.95. The summed E-state index contributed by atoms with van der Waals surface area (Å²) in [6, 6.07) is 17.4. The molecule has 0 bridgehead atoms. The second-order valence-electron chi connectivity index (χ2n) is 8.96. The molecule has 0 fully saturated rings. The molecule has 11 heteroatoms. The van der Waals surface area contributed by atoms with E-state index in [0.29, 0.717) is 5.56 Å². The summed E-state index contributed by atoms with van der Waals surface area (Å²) < 4.78 is 45.5. The van der Waals surface area contributed by atoms with Crippen LogP contribution in [0.25, 0.3) is 0 Å². The normalized spacial score (nSPS) is 13.7. The van der Waals surface area contributed by atoms with Gasteiger partial charge in [0.25, 0.3) is 11.7 Å². The highest BCUT2D eigenvalue weighted by atomic mass is 35.5. The van der Waals surface area contributed by atoms with E-state index in [1.165, 1.54) is 44.2 Å². The lowest BCUT2D eigenvalue weighted by molar-refractivity contribution is -0.175. The molecule has 39 heavy (non-hydrogen) atoms. The third-order valence-electron chi connectivity index (χ3n) is 5.64. The van der Waals surface area contributed by atoms with Gasteiger partial charge in [-0.1, -0.05) is 97.7 Å². The van der Waals surface area contributed by atoms with Crippen molar-refractivity contribution in [2.75, 3.05) is 0 Å². The van der Waals surface area contributed by atoms with Gasteiger partial charge in [0, 0.05) is 15.6 Å². The molecule has 2 amide bonds. The van der Waals surface area contributed by atoms with Crippen molar-refractivity contribution >= 4 is 40.8 Å². The number of carbonyl (C=O) groups is 3. The summed E-state index contributed by atoms with van der Waals surface area (Å²) in [4.78, 5) is 38.9. The Morgan fingerprint density at radius 3 is 1.77 bits per heavy atom. The van der Waals surface area contributed by atoms with Crippen molar-refractivity contribution in [1.82, 2.24) is 10.6 Å². The van der Waals surface area contributed by atoms with E-state index in [0.717, 1.165) is 0 Å². The molecule has 0 heterocycles. The van der Waals surface area contributed by atoms with Crippen LogP contribution in [0.1, 0.15) is 37.1 Å². The first-order chi connectivity index (χ1) is 18.4. The van der Waals surface area contributed by atoms with Crippen molar-refractivity contribution < 1.29 is 32.3 Å². The number of hydrogen-bond donors (Lipinski definition) is 2. The molecule has 0 aliphatic heterocycles. The molecule has 2 unspecified atom stereocenters. The Morgan fingerprint density at radius 2 is 1.28 bits per heavy atom. The van der Waals surface area contributed by atoms with Crippen LogP contribution in [0.4, 0.5) is 13.2 Å². The van der Waals surface area contributed by atoms with Crippen LogP contribution in [0.3, 0.4) is 0 Å². The molecule has 206 valence electrons. The quantitative estimate of drug-likeness (QED) is 0.297. The number of halogens is 5. The Labute approximate surface area is 233 Å². The molecule has 3 atom stereocenters. The van der Waals surface area contributed by atoms with E-state index in [4.69, 9.17) is 27.9 Å². The molecule has 3 aromatic carbocycles. The fourth-order valence-corrected chi connectivity index (χ4v) is 4.25. The topological polar surface area (TPSA) is 84.5 Å². The predicted molar refractivity (Wildman–Crippen MR) is 141 cm³/mol. The number of Topliss-reactive ketones (excluding diaryl/α,β-unsaturated/α-hetero) is 1. The number of ketones is 1. The van der Waals surface area contributed by atoms with Gasteiger partial charge in [-0.3, -0.25) is 14.4 Å². The van der Waals surface area contributed by atoms with Gasteiger partial charge in [-0.15, -0.1) is 0 Å². The summed E-state index contributed by atoms with van der Waals surface area (Å²) in [6.45, 7) is 2.75. The average molecular weight is 581 g/mol. The van der Waals surface area contributed by atoms with Gasteiger partial charge in [0.2, 0.25) is 12.0 Å². The number of hydrogen-bond acceptors (Lipinski definition) is 4. The second kappa shape index (κ2) is 13.0. The number of ether oxygens (including phenoxy) is 1. The summed E-state index contributed by atoms with van der Waals surface area (Å²) in [7, 11) is 0. The standard InChI is InChI=1S/C28H25Cl2F3N2O4/c1-16(2)22(25(36)28(31,32)33)34-26(37)23(17-9-5-3-6-10-17)35-27(38)24(18-11-7-4-8-12-18)39-21-14-19(29)13-20(30)15-21/h3-16,22-24H,1-2H3,(H,34,37)(H,35,38)/t22-,23?,24?/m0/s1. The number of nitrogens with one attached hydrogen (secondary N) is 2. The Bertz CT molecular complexity index is 1280. The predicted octanol–water partition coefficient (Wildman–Crippen LogP) is 6.24. The Kier molecular flexibility index (Phi) is 9.99. The van der Waals surface area contributed by atoms with Crippen molar-refractivity contribution in [1.29, 1.82) is 0 Å². The van der Waals surface area contributed by atoms with Crippen LogP contribution in [0.15, 0.2) is 78.9 Å². The monoisotopic (exact) mass is 580 g/mol. The van der Waals surface area contributed by atoms with Gasteiger partial charge in [0.1, 0.15) is 11.8 Å². The molecular weight excluding hydrogens is 556 g/mol. The SMILES string of the molecule is CC(C)[C@H](NC(=O)C(NC(=O)C(Oc1cc(Cl)cc(Cl)c1)c1ccccc1)c1ccccc1)C(=O)C(F)(F)F. The van der Waals surface area contributed by atoms with E-state index >= 15 is 0 Å². The summed E-state index contributed by atoms with van der Waals surface area (Å²) in [5, 5.41) is 5.27. The molecule has 0 aliphatic carbocycles. The van der Waals surface area contributed by atoms with Crippen molar-refractivity contribution in [3.05, 3.63) is 100 Å². The van der Waals surface area contributed by atoms with Crippen LogP contribution >= 0.6 is 23.2 Å². The lowest BCUT2D eigenvalue weighted by atomic mass is 9.97. The van der Waals surface area contributed by atoms with E-state index < -0.39 is 47.9 Å². The van der Waals surface area contributed by atoms with Crippen LogP contribution in [-0.4, -0.2) is 29.8 Å². The number of alkyl halides is 3. The number of carbonyl (C=O) groups excluding carboxylic acids is 3. The summed E-state index contributed by atoms with van der Waals surface area (Å²) in [6.07, 6.45) is -6.45. The first-order valence-corrected chi connectivity index (χ1v) is 12.6. The lowest BCUT2D eigenvalue weighted by Gasteiger charge is -2.27. The highest BCUT2D eigenvalue weighted by molar-refractivity contribution is 6.34. The van der Waals surface area contributed by atoms with Crippen LogP contribution in [-0.2, 0) is 14.4 Å². The highest BCUT2D eigenvalue weighted by Gasteiger charge is 2.45.